The molecule has 22 heavy (non-hydrogen) atoms. The largest absolute Gasteiger partial charge is 0.493 e. The molecule has 0 bridgehead atoms. The molecular weight excluding hydrogens is 304 g/mol. The Morgan fingerprint density at radius 2 is 1.91 bits per heavy atom. The van der Waals surface area contributed by atoms with Crippen molar-refractivity contribution >= 4 is 11.8 Å². The van der Waals surface area contributed by atoms with Crippen LogP contribution in [0.4, 0.5) is 0 Å². The molecule has 118 valence electrons. The summed E-state index contributed by atoms with van der Waals surface area (Å²) in [7, 11) is 3.16. The van der Waals surface area contributed by atoms with Crippen molar-refractivity contribution in [1.82, 2.24) is 9.97 Å². The minimum absolute atomic E-state index is 0.151. The van der Waals surface area contributed by atoms with Crippen LogP contribution < -0.4 is 19.8 Å². The van der Waals surface area contributed by atoms with E-state index in [1.54, 1.807) is 21.1 Å². The summed E-state index contributed by atoms with van der Waals surface area (Å²) in [5.41, 5.74) is 0.542. The normalized spacial score (nSPS) is 10.3. The molecule has 0 spiro atoms. The van der Waals surface area contributed by atoms with Gasteiger partial charge in [-0.1, -0.05) is 17.8 Å². The van der Waals surface area contributed by atoms with Crippen molar-refractivity contribution in [1.29, 1.82) is 0 Å². The van der Waals surface area contributed by atoms with E-state index >= 15 is 0 Å². The number of methoxy groups -OCH3 is 2. The summed E-state index contributed by atoms with van der Waals surface area (Å²) in [6.07, 6.45) is 0. The highest BCUT2D eigenvalue weighted by Crippen LogP contribution is 2.36. The fourth-order valence-corrected chi connectivity index (χ4v) is 2.60. The third kappa shape index (κ3) is 4.17. The Morgan fingerprint density at radius 3 is 2.50 bits per heavy atom. The Labute approximate surface area is 132 Å². The molecule has 0 aliphatic carbocycles. The maximum Gasteiger partial charge on any atom is 0.251 e. The molecule has 1 N–H and O–H groups in total. The number of hydrogen-bond acceptors (Lipinski definition) is 6. The molecule has 2 aromatic rings. The molecule has 0 aliphatic rings. The van der Waals surface area contributed by atoms with Gasteiger partial charge in [0.2, 0.25) is 5.75 Å². The number of aromatic amines is 1. The maximum atomic E-state index is 11.4. The highest BCUT2D eigenvalue weighted by atomic mass is 32.2. The second-order valence-corrected chi connectivity index (χ2v) is 5.46. The first-order valence-electron chi connectivity index (χ1n) is 6.68. The summed E-state index contributed by atoms with van der Waals surface area (Å²) < 4.78 is 16.3. The quantitative estimate of drug-likeness (QED) is 0.479. The van der Waals surface area contributed by atoms with E-state index in [0.717, 1.165) is 0 Å². The molecule has 0 saturated carbocycles. The number of H-pyrrole nitrogens is 1. The number of aromatic nitrogens is 2. The predicted octanol–water partition coefficient (Wildman–Crippen LogP) is 2.27. The molecule has 0 radical (unpaired) electrons. The molecule has 0 aliphatic heterocycles. The Bertz CT molecular complexity index is 665. The SMILES string of the molecule is COc1cccc(OC)c1OCCSc1nc(C)cc(=O)[nH]1. The van der Waals surface area contributed by atoms with Crippen LogP contribution in [-0.4, -0.2) is 36.5 Å². The van der Waals surface area contributed by atoms with Gasteiger partial charge >= 0.3 is 0 Å². The van der Waals surface area contributed by atoms with Gasteiger partial charge in [-0.15, -0.1) is 0 Å². The van der Waals surface area contributed by atoms with E-state index < -0.39 is 0 Å². The van der Waals surface area contributed by atoms with Gasteiger partial charge in [0, 0.05) is 17.5 Å². The van der Waals surface area contributed by atoms with E-state index in [0.29, 0.717) is 40.5 Å². The van der Waals surface area contributed by atoms with Crippen LogP contribution in [-0.2, 0) is 0 Å². The Balaban J connectivity index is 1.95. The average Bonchev–Trinajstić information content (AvgIpc) is 2.50. The summed E-state index contributed by atoms with van der Waals surface area (Å²) >= 11 is 1.42. The van der Waals surface area contributed by atoms with Gasteiger partial charge in [0.15, 0.2) is 16.7 Å². The Hall–Kier alpha value is -2.15. The number of rotatable bonds is 7. The molecule has 1 aromatic heterocycles. The number of nitrogens with one attached hydrogen (secondary N) is 1. The van der Waals surface area contributed by atoms with Gasteiger partial charge in [0.25, 0.3) is 5.56 Å². The molecule has 1 heterocycles. The zero-order valence-electron chi connectivity index (χ0n) is 12.7. The number of ether oxygens (including phenoxy) is 3. The molecule has 0 fully saturated rings. The summed E-state index contributed by atoms with van der Waals surface area (Å²) in [5, 5.41) is 0.584. The van der Waals surface area contributed by atoms with E-state index in [1.807, 2.05) is 18.2 Å². The van der Waals surface area contributed by atoms with E-state index in [4.69, 9.17) is 14.2 Å². The smallest absolute Gasteiger partial charge is 0.251 e. The van der Waals surface area contributed by atoms with Crippen LogP contribution in [0.1, 0.15) is 5.69 Å². The molecule has 0 saturated heterocycles. The van der Waals surface area contributed by atoms with E-state index in [1.165, 1.54) is 17.8 Å². The molecule has 1 aromatic carbocycles. The van der Waals surface area contributed by atoms with E-state index in [9.17, 15) is 4.79 Å². The Kier molecular flexibility index (Phi) is 5.71. The first kappa shape index (κ1) is 16.2. The fourth-order valence-electron chi connectivity index (χ4n) is 1.86. The van der Waals surface area contributed by atoms with Crippen LogP contribution in [0.3, 0.4) is 0 Å². The van der Waals surface area contributed by atoms with Gasteiger partial charge < -0.3 is 19.2 Å². The predicted molar refractivity (Wildman–Crippen MR) is 85.4 cm³/mol. The van der Waals surface area contributed by atoms with Gasteiger partial charge in [-0.2, -0.15) is 0 Å². The van der Waals surface area contributed by atoms with Gasteiger partial charge in [0.05, 0.1) is 20.8 Å². The molecular formula is C15H18N2O4S. The lowest BCUT2D eigenvalue weighted by Crippen LogP contribution is -2.09. The van der Waals surface area contributed by atoms with Gasteiger partial charge in [-0.05, 0) is 19.1 Å². The first-order valence-corrected chi connectivity index (χ1v) is 7.67. The molecule has 7 heteroatoms. The van der Waals surface area contributed by atoms with Crippen molar-refractivity contribution in [2.24, 2.45) is 0 Å². The van der Waals surface area contributed by atoms with Crippen molar-refractivity contribution < 1.29 is 14.2 Å². The molecule has 6 nitrogen and oxygen atoms in total. The van der Waals surface area contributed by atoms with Crippen LogP contribution in [0.5, 0.6) is 17.2 Å². The van der Waals surface area contributed by atoms with E-state index in [2.05, 4.69) is 9.97 Å². The van der Waals surface area contributed by atoms with Crippen LogP contribution in [0.15, 0.2) is 34.2 Å². The molecule has 0 atom stereocenters. The van der Waals surface area contributed by atoms with Crippen LogP contribution >= 0.6 is 11.8 Å². The third-order valence-electron chi connectivity index (χ3n) is 2.80. The zero-order valence-corrected chi connectivity index (χ0v) is 13.5. The monoisotopic (exact) mass is 322 g/mol. The molecule has 0 amide bonds. The maximum absolute atomic E-state index is 11.4. The van der Waals surface area contributed by atoms with E-state index in [-0.39, 0.29) is 5.56 Å². The Morgan fingerprint density at radius 1 is 1.23 bits per heavy atom. The number of aryl methyl sites for hydroxylation is 1. The fraction of sp³-hybridized carbons (Fsp3) is 0.333. The lowest BCUT2D eigenvalue weighted by Gasteiger charge is -2.13. The van der Waals surface area contributed by atoms with Gasteiger partial charge in [0.1, 0.15) is 0 Å². The van der Waals surface area contributed by atoms with Crippen LogP contribution in [0.25, 0.3) is 0 Å². The first-order chi connectivity index (χ1) is 10.6. The van der Waals surface area contributed by atoms with Crippen LogP contribution in [0.2, 0.25) is 0 Å². The zero-order chi connectivity index (χ0) is 15.9. The highest BCUT2D eigenvalue weighted by molar-refractivity contribution is 7.99. The molecule has 0 unspecified atom stereocenters. The van der Waals surface area contributed by atoms with Crippen molar-refractivity contribution in [2.45, 2.75) is 12.1 Å². The molecule has 2 rings (SSSR count). The summed E-state index contributed by atoms with van der Waals surface area (Å²) in [4.78, 5) is 18.3. The number of thioether (sulfide) groups is 1. The van der Waals surface area contributed by atoms with Crippen LogP contribution in [0, 0.1) is 6.92 Å². The van der Waals surface area contributed by atoms with Crippen molar-refractivity contribution in [3.8, 4) is 17.2 Å². The summed E-state index contributed by atoms with van der Waals surface area (Å²) in [6.45, 7) is 2.22. The standard InChI is InChI=1S/C15H18N2O4S/c1-10-9-13(18)17-15(16-10)22-8-7-21-14-11(19-2)5-4-6-12(14)20-3/h4-6,9H,7-8H2,1-3H3,(H,16,17,18). The summed E-state index contributed by atoms with van der Waals surface area (Å²) in [5.74, 6) is 2.44. The minimum Gasteiger partial charge on any atom is -0.493 e. The number of nitrogens with zero attached hydrogens (tertiary/aromatic N) is 1. The third-order valence-corrected chi connectivity index (χ3v) is 3.64. The van der Waals surface area contributed by atoms with Gasteiger partial charge in [-0.3, -0.25) is 4.79 Å². The highest BCUT2D eigenvalue weighted by Gasteiger charge is 2.11. The number of benzene rings is 1. The van der Waals surface area contributed by atoms with Gasteiger partial charge in [-0.25, -0.2) is 4.98 Å². The summed E-state index contributed by atoms with van der Waals surface area (Å²) in [6, 6.07) is 6.91. The lowest BCUT2D eigenvalue weighted by atomic mass is 10.3. The topological polar surface area (TPSA) is 73.4 Å². The number of para-hydroxylation sites is 1. The van der Waals surface area contributed by atoms with Crippen molar-refractivity contribution in [2.75, 3.05) is 26.6 Å². The van der Waals surface area contributed by atoms with Crippen molar-refractivity contribution in [3.63, 3.8) is 0 Å². The number of hydrogen-bond donors (Lipinski definition) is 1. The van der Waals surface area contributed by atoms with Crippen molar-refractivity contribution in [3.05, 3.63) is 40.3 Å². The minimum atomic E-state index is -0.151. The second kappa shape index (κ2) is 7.74. The lowest BCUT2D eigenvalue weighted by molar-refractivity contribution is 0.290. The second-order valence-electron chi connectivity index (χ2n) is 4.38. The average molecular weight is 322 g/mol.